The van der Waals surface area contributed by atoms with Gasteiger partial charge in [-0.15, -0.1) is 0 Å². The second-order valence-corrected chi connectivity index (χ2v) is 5.19. The average Bonchev–Trinajstić information content (AvgIpc) is 2.51. The largest absolute Gasteiger partial charge is 0.330 e. The smallest absolute Gasteiger partial charge is 0.325 e. The van der Waals surface area contributed by atoms with Crippen molar-refractivity contribution >= 4 is 17.5 Å². The van der Waals surface area contributed by atoms with Crippen molar-refractivity contribution in [3.05, 3.63) is 46.3 Å². The zero-order valence-electron chi connectivity index (χ0n) is 13.2. The summed E-state index contributed by atoms with van der Waals surface area (Å²) in [6.07, 6.45) is 5.42. The number of anilines is 2. The molecule has 8 heteroatoms. The Hall–Kier alpha value is -2.74. The lowest BCUT2D eigenvalue weighted by atomic mass is 10.2. The van der Waals surface area contributed by atoms with E-state index >= 15 is 0 Å². The van der Waals surface area contributed by atoms with Crippen LogP contribution in [0.25, 0.3) is 0 Å². The number of nitrogens with one attached hydrogen (secondary N) is 2. The van der Waals surface area contributed by atoms with Crippen molar-refractivity contribution in [2.45, 2.75) is 26.8 Å². The molecule has 2 aromatic heterocycles. The van der Waals surface area contributed by atoms with Gasteiger partial charge in [0.15, 0.2) is 5.82 Å². The summed E-state index contributed by atoms with van der Waals surface area (Å²) < 4.78 is 1.55. The standard InChI is InChI=1S/C15H20N6O2/c1-10-6-12(14(22)21(9-10)5-3-4-16)19-15(23)20-13-8-17-11(2)7-18-13/h6-9H,3-5,16H2,1-2H3,(H2,18,19,20,23). The Kier molecular flexibility index (Phi) is 5.42. The van der Waals surface area contributed by atoms with Crippen LogP contribution in [0.15, 0.2) is 29.5 Å². The van der Waals surface area contributed by atoms with Crippen molar-refractivity contribution in [1.82, 2.24) is 14.5 Å². The van der Waals surface area contributed by atoms with Crippen molar-refractivity contribution in [3.63, 3.8) is 0 Å². The third kappa shape index (κ3) is 4.62. The van der Waals surface area contributed by atoms with Crippen LogP contribution in [-0.2, 0) is 6.54 Å². The molecule has 0 fully saturated rings. The van der Waals surface area contributed by atoms with Gasteiger partial charge in [-0.3, -0.25) is 15.1 Å². The summed E-state index contributed by atoms with van der Waals surface area (Å²) in [5.41, 5.74) is 7.03. The lowest BCUT2D eigenvalue weighted by Crippen LogP contribution is -2.29. The van der Waals surface area contributed by atoms with Gasteiger partial charge < -0.3 is 15.6 Å². The number of carbonyl (C=O) groups excluding carboxylic acids is 1. The van der Waals surface area contributed by atoms with Crippen LogP contribution in [0.2, 0.25) is 0 Å². The summed E-state index contributed by atoms with van der Waals surface area (Å²) in [5, 5.41) is 5.08. The van der Waals surface area contributed by atoms with Gasteiger partial charge in [-0.2, -0.15) is 0 Å². The average molecular weight is 316 g/mol. The zero-order valence-corrected chi connectivity index (χ0v) is 13.2. The first-order valence-corrected chi connectivity index (χ1v) is 7.27. The molecule has 0 saturated carbocycles. The van der Waals surface area contributed by atoms with Crippen molar-refractivity contribution in [3.8, 4) is 0 Å². The molecule has 2 rings (SSSR count). The van der Waals surface area contributed by atoms with E-state index in [9.17, 15) is 9.59 Å². The third-order valence-electron chi connectivity index (χ3n) is 3.10. The van der Waals surface area contributed by atoms with E-state index in [2.05, 4.69) is 20.6 Å². The number of pyridine rings is 1. The van der Waals surface area contributed by atoms with E-state index in [0.717, 1.165) is 11.3 Å². The van der Waals surface area contributed by atoms with Crippen LogP contribution < -0.4 is 21.9 Å². The lowest BCUT2D eigenvalue weighted by molar-refractivity contribution is 0.262. The minimum Gasteiger partial charge on any atom is -0.330 e. The molecule has 0 aromatic carbocycles. The number of aromatic nitrogens is 3. The second kappa shape index (κ2) is 7.50. The first-order valence-electron chi connectivity index (χ1n) is 7.27. The topological polar surface area (TPSA) is 115 Å². The Morgan fingerprint density at radius 1 is 1.26 bits per heavy atom. The first-order chi connectivity index (χ1) is 11.0. The van der Waals surface area contributed by atoms with Crippen molar-refractivity contribution in [1.29, 1.82) is 0 Å². The van der Waals surface area contributed by atoms with E-state index in [4.69, 9.17) is 5.73 Å². The maximum Gasteiger partial charge on any atom is 0.325 e. The highest BCUT2D eigenvalue weighted by molar-refractivity contribution is 5.98. The van der Waals surface area contributed by atoms with Crippen LogP contribution in [-0.4, -0.2) is 27.1 Å². The third-order valence-corrected chi connectivity index (χ3v) is 3.10. The normalized spacial score (nSPS) is 10.4. The predicted octanol–water partition coefficient (Wildman–Crippen LogP) is 1.25. The van der Waals surface area contributed by atoms with Crippen molar-refractivity contribution in [2.75, 3.05) is 17.2 Å². The molecule has 0 atom stereocenters. The quantitative estimate of drug-likeness (QED) is 0.768. The molecule has 2 aromatic rings. The number of carbonyl (C=O) groups is 1. The number of urea groups is 1. The van der Waals surface area contributed by atoms with Gasteiger partial charge in [0, 0.05) is 12.7 Å². The minimum absolute atomic E-state index is 0.208. The Bertz CT molecular complexity index is 739. The van der Waals surface area contributed by atoms with E-state index in [1.807, 2.05) is 6.92 Å². The molecule has 4 N–H and O–H groups in total. The minimum atomic E-state index is -0.545. The fraction of sp³-hybridized carbons (Fsp3) is 0.333. The highest BCUT2D eigenvalue weighted by atomic mass is 16.2. The molecule has 8 nitrogen and oxygen atoms in total. The molecule has 0 bridgehead atoms. The van der Waals surface area contributed by atoms with Crippen LogP contribution in [0.4, 0.5) is 16.3 Å². The SMILES string of the molecule is Cc1cc(NC(=O)Nc2cnc(C)cn2)c(=O)n(CCCN)c1. The Balaban J connectivity index is 2.12. The molecule has 0 radical (unpaired) electrons. The Morgan fingerprint density at radius 2 is 2.04 bits per heavy atom. The fourth-order valence-electron chi connectivity index (χ4n) is 2.03. The van der Waals surface area contributed by atoms with Gasteiger partial charge in [0.1, 0.15) is 5.69 Å². The van der Waals surface area contributed by atoms with Gasteiger partial charge in [-0.05, 0) is 38.4 Å². The molecule has 0 saturated heterocycles. The molecule has 0 aliphatic heterocycles. The molecule has 122 valence electrons. The number of hydrogen-bond donors (Lipinski definition) is 3. The summed E-state index contributed by atoms with van der Waals surface area (Å²) in [6, 6.07) is 1.08. The zero-order chi connectivity index (χ0) is 16.8. The molecule has 0 aliphatic rings. The van der Waals surface area contributed by atoms with Gasteiger partial charge in [-0.1, -0.05) is 0 Å². The molecule has 0 unspecified atom stereocenters. The Labute approximate surface area is 133 Å². The summed E-state index contributed by atoms with van der Waals surface area (Å²) >= 11 is 0. The van der Waals surface area contributed by atoms with E-state index in [-0.39, 0.29) is 11.2 Å². The van der Waals surface area contributed by atoms with Crippen LogP contribution in [0.3, 0.4) is 0 Å². The van der Waals surface area contributed by atoms with Gasteiger partial charge in [0.05, 0.1) is 18.1 Å². The highest BCUT2D eigenvalue weighted by Crippen LogP contribution is 2.06. The van der Waals surface area contributed by atoms with E-state index < -0.39 is 6.03 Å². The first kappa shape index (κ1) is 16.6. The highest BCUT2D eigenvalue weighted by Gasteiger charge is 2.09. The van der Waals surface area contributed by atoms with Gasteiger partial charge in [0.25, 0.3) is 5.56 Å². The maximum atomic E-state index is 12.3. The molecule has 0 spiro atoms. The maximum absolute atomic E-state index is 12.3. The van der Waals surface area contributed by atoms with E-state index in [1.165, 1.54) is 6.20 Å². The van der Waals surface area contributed by atoms with Crippen LogP contribution >= 0.6 is 0 Å². The van der Waals surface area contributed by atoms with Crippen molar-refractivity contribution in [2.24, 2.45) is 5.73 Å². The van der Waals surface area contributed by atoms with Gasteiger partial charge in [-0.25, -0.2) is 9.78 Å². The molecular formula is C15H20N6O2. The van der Waals surface area contributed by atoms with Crippen LogP contribution in [0.1, 0.15) is 17.7 Å². The fourth-order valence-corrected chi connectivity index (χ4v) is 2.03. The molecule has 23 heavy (non-hydrogen) atoms. The van der Waals surface area contributed by atoms with E-state index in [1.54, 1.807) is 30.0 Å². The summed E-state index contributed by atoms with van der Waals surface area (Å²) in [4.78, 5) is 32.4. The van der Waals surface area contributed by atoms with Gasteiger partial charge >= 0.3 is 6.03 Å². The van der Waals surface area contributed by atoms with Crippen LogP contribution in [0.5, 0.6) is 0 Å². The summed E-state index contributed by atoms with van der Waals surface area (Å²) in [7, 11) is 0. The second-order valence-electron chi connectivity index (χ2n) is 5.19. The number of nitrogens with zero attached hydrogens (tertiary/aromatic N) is 3. The number of aryl methyl sites for hydroxylation is 3. The molecule has 2 amide bonds. The Morgan fingerprint density at radius 3 is 2.70 bits per heavy atom. The molecule has 2 heterocycles. The summed E-state index contributed by atoms with van der Waals surface area (Å²) in [5.74, 6) is 0.309. The number of nitrogens with two attached hydrogens (primary N) is 1. The van der Waals surface area contributed by atoms with E-state index in [0.29, 0.717) is 25.3 Å². The van der Waals surface area contributed by atoms with Gasteiger partial charge in [0.2, 0.25) is 0 Å². The lowest BCUT2D eigenvalue weighted by Gasteiger charge is -2.11. The molecule has 0 aliphatic carbocycles. The predicted molar refractivity (Wildman–Crippen MR) is 88.5 cm³/mol. The van der Waals surface area contributed by atoms with Crippen LogP contribution in [0, 0.1) is 13.8 Å². The van der Waals surface area contributed by atoms with Crippen molar-refractivity contribution < 1.29 is 4.79 Å². The summed E-state index contributed by atoms with van der Waals surface area (Å²) in [6.45, 7) is 4.66. The number of amides is 2. The number of rotatable bonds is 5. The monoisotopic (exact) mass is 316 g/mol. The number of hydrogen-bond acceptors (Lipinski definition) is 5. The molecular weight excluding hydrogens is 296 g/mol.